The van der Waals surface area contributed by atoms with Gasteiger partial charge in [-0.15, -0.1) is 5.10 Å². The van der Waals surface area contributed by atoms with E-state index in [9.17, 15) is 5.11 Å². The van der Waals surface area contributed by atoms with E-state index in [0.717, 1.165) is 16.1 Å². The van der Waals surface area contributed by atoms with Crippen molar-refractivity contribution in [2.45, 2.75) is 51.0 Å². The number of aliphatic hydroxyl groups is 1. The summed E-state index contributed by atoms with van der Waals surface area (Å²) in [7, 11) is 0. The molecule has 0 bridgehead atoms. The van der Waals surface area contributed by atoms with E-state index in [2.05, 4.69) is 41.6 Å². The molecule has 1 aliphatic carbocycles. The van der Waals surface area contributed by atoms with Crippen LogP contribution in [0.5, 0.6) is 0 Å². The molecule has 20 heavy (non-hydrogen) atoms. The number of aromatic nitrogens is 2. The molecule has 0 amide bonds. The molecule has 0 aliphatic heterocycles. The molecule has 0 radical (unpaired) electrons. The Morgan fingerprint density at radius 3 is 2.75 bits per heavy atom. The van der Waals surface area contributed by atoms with Gasteiger partial charge in [0.15, 0.2) is 0 Å². The minimum atomic E-state index is -0.604. The Kier molecular flexibility index (Phi) is 3.85. The largest absolute Gasteiger partial charge is 0.383 e. The van der Waals surface area contributed by atoms with Crippen LogP contribution in [0.25, 0.3) is 0 Å². The first kappa shape index (κ1) is 13.7. The SMILES string of the molecule is CC(C)c1nnsc1C(O)c1cccc(C2CCC2)c1. The molecular weight excluding hydrogens is 268 g/mol. The van der Waals surface area contributed by atoms with Crippen LogP contribution in [0, 0.1) is 0 Å². The highest BCUT2D eigenvalue weighted by atomic mass is 32.1. The van der Waals surface area contributed by atoms with Crippen LogP contribution in [0.3, 0.4) is 0 Å². The van der Waals surface area contributed by atoms with Crippen LogP contribution in [0.4, 0.5) is 0 Å². The molecule has 0 spiro atoms. The minimum absolute atomic E-state index is 0.285. The number of nitrogens with zero attached hydrogens (tertiary/aromatic N) is 2. The zero-order valence-corrected chi connectivity index (χ0v) is 12.7. The van der Waals surface area contributed by atoms with Crippen molar-refractivity contribution < 1.29 is 5.11 Å². The van der Waals surface area contributed by atoms with Gasteiger partial charge in [0.25, 0.3) is 0 Å². The lowest BCUT2D eigenvalue weighted by molar-refractivity contribution is 0.222. The van der Waals surface area contributed by atoms with Gasteiger partial charge in [0.1, 0.15) is 6.10 Å². The van der Waals surface area contributed by atoms with Crippen LogP contribution < -0.4 is 0 Å². The van der Waals surface area contributed by atoms with Gasteiger partial charge in [-0.2, -0.15) is 0 Å². The van der Waals surface area contributed by atoms with Gasteiger partial charge in [0.2, 0.25) is 0 Å². The molecular formula is C16H20N2OS. The van der Waals surface area contributed by atoms with Crippen molar-refractivity contribution in [3.63, 3.8) is 0 Å². The first-order valence-electron chi connectivity index (χ1n) is 7.27. The molecule has 0 saturated heterocycles. The van der Waals surface area contributed by atoms with Gasteiger partial charge < -0.3 is 5.11 Å². The fraction of sp³-hybridized carbons (Fsp3) is 0.500. The normalized spacial score (nSPS) is 17.2. The maximum atomic E-state index is 10.6. The van der Waals surface area contributed by atoms with Gasteiger partial charge in [0, 0.05) is 0 Å². The molecule has 106 valence electrons. The summed E-state index contributed by atoms with van der Waals surface area (Å²) in [4.78, 5) is 0.880. The predicted octanol–water partition coefficient (Wildman–Crippen LogP) is 4.01. The minimum Gasteiger partial charge on any atom is -0.383 e. The third-order valence-electron chi connectivity index (χ3n) is 4.14. The zero-order valence-electron chi connectivity index (χ0n) is 11.9. The molecule has 1 saturated carbocycles. The monoisotopic (exact) mass is 288 g/mol. The third kappa shape index (κ3) is 2.50. The number of benzene rings is 1. The number of aliphatic hydroxyl groups excluding tert-OH is 1. The van der Waals surface area contributed by atoms with E-state index in [1.165, 1.54) is 36.4 Å². The molecule has 1 aromatic heterocycles. The molecule has 1 aliphatic rings. The lowest BCUT2D eigenvalue weighted by Crippen LogP contribution is -2.10. The summed E-state index contributed by atoms with van der Waals surface area (Å²) in [5, 5.41) is 14.8. The van der Waals surface area contributed by atoms with E-state index in [0.29, 0.717) is 5.92 Å². The topological polar surface area (TPSA) is 46.0 Å². The Morgan fingerprint density at radius 1 is 1.30 bits per heavy atom. The summed E-state index contributed by atoms with van der Waals surface area (Å²) in [5.41, 5.74) is 3.23. The Hall–Kier alpha value is -1.26. The first-order chi connectivity index (χ1) is 9.66. The van der Waals surface area contributed by atoms with Crippen molar-refractivity contribution >= 4 is 11.5 Å². The van der Waals surface area contributed by atoms with Crippen LogP contribution in [-0.2, 0) is 0 Å². The highest BCUT2D eigenvalue weighted by molar-refractivity contribution is 7.05. The molecule has 1 unspecified atom stereocenters. The highest BCUT2D eigenvalue weighted by Gasteiger charge is 2.23. The molecule has 1 heterocycles. The molecule has 3 nitrogen and oxygen atoms in total. The summed E-state index contributed by atoms with van der Waals surface area (Å²) < 4.78 is 4.01. The lowest BCUT2D eigenvalue weighted by Gasteiger charge is -2.26. The summed E-state index contributed by atoms with van der Waals surface area (Å²) in [6.07, 6.45) is 3.28. The summed E-state index contributed by atoms with van der Waals surface area (Å²) in [6, 6.07) is 8.37. The average Bonchev–Trinajstić information content (AvgIpc) is 2.85. The smallest absolute Gasteiger partial charge is 0.117 e. The second-order valence-electron chi connectivity index (χ2n) is 5.88. The predicted molar refractivity (Wildman–Crippen MR) is 81.1 cm³/mol. The van der Waals surface area contributed by atoms with Gasteiger partial charge in [-0.1, -0.05) is 49.0 Å². The zero-order chi connectivity index (χ0) is 14.1. The third-order valence-corrected chi connectivity index (χ3v) is 4.93. The second kappa shape index (κ2) is 5.62. The summed E-state index contributed by atoms with van der Waals surface area (Å²) in [6.45, 7) is 4.16. The molecule has 1 aromatic carbocycles. The molecule has 2 aromatic rings. The van der Waals surface area contributed by atoms with E-state index < -0.39 is 6.10 Å². The average molecular weight is 288 g/mol. The van der Waals surface area contributed by atoms with Crippen LogP contribution in [0.1, 0.15) is 72.7 Å². The Balaban J connectivity index is 1.89. The maximum Gasteiger partial charge on any atom is 0.117 e. The van der Waals surface area contributed by atoms with Gasteiger partial charge in [0.05, 0.1) is 10.6 Å². The number of hydrogen-bond acceptors (Lipinski definition) is 4. The standard InChI is InChI=1S/C16H20N2OS/c1-10(2)14-16(20-18-17-14)15(19)13-8-4-7-12(9-13)11-5-3-6-11/h4,7-11,15,19H,3,5-6H2,1-2H3. The van der Waals surface area contributed by atoms with E-state index in [1.54, 1.807) is 0 Å². The van der Waals surface area contributed by atoms with Crippen molar-refractivity contribution in [1.29, 1.82) is 0 Å². The van der Waals surface area contributed by atoms with E-state index in [1.807, 2.05) is 6.07 Å². The van der Waals surface area contributed by atoms with Crippen LogP contribution in [0.15, 0.2) is 24.3 Å². The van der Waals surface area contributed by atoms with E-state index in [4.69, 9.17) is 0 Å². The molecule has 1 N–H and O–H groups in total. The van der Waals surface area contributed by atoms with Crippen molar-refractivity contribution in [2.75, 3.05) is 0 Å². The van der Waals surface area contributed by atoms with Gasteiger partial charge in [-0.3, -0.25) is 0 Å². The maximum absolute atomic E-state index is 10.6. The highest BCUT2D eigenvalue weighted by Crippen LogP contribution is 2.38. The van der Waals surface area contributed by atoms with Crippen molar-refractivity contribution in [2.24, 2.45) is 0 Å². The lowest BCUT2D eigenvalue weighted by atomic mass is 9.79. The van der Waals surface area contributed by atoms with Crippen LogP contribution in [-0.4, -0.2) is 14.7 Å². The van der Waals surface area contributed by atoms with Crippen molar-refractivity contribution in [3.8, 4) is 0 Å². The number of rotatable bonds is 4. The summed E-state index contributed by atoms with van der Waals surface area (Å²) >= 11 is 1.30. The van der Waals surface area contributed by atoms with E-state index >= 15 is 0 Å². The second-order valence-corrected chi connectivity index (χ2v) is 6.66. The molecule has 1 fully saturated rings. The Morgan fingerprint density at radius 2 is 2.10 bits per heavy atom. The molecule has 4 heteroatoms. The van der Waals surface area contributed by atoms with Gasteiger partial charge in [-0.05, 0) is 47.3 Å². The van der Waals surface area contributed by atoms with Crippen molar-refractivity contribution in [3.05, 3.63) is 46.0 Å². The van der Waals surface area contributed by atoms with Gasteiger partial charge in [-0.25, -0.2) is 0 Å². The van der Waals surface area contributed by atoms with Crippen LogP contribution in [0.2, 0.25) is 0 Å². The van der Waals surface area contributed by atoms with Crippen molar-refractivity contribution in [1.82, 2.24) is 9.59 Å². The van der Waals surface area contributed by atoms with Crippen LogP contribution >= 0.6 is 11.5 Å². The fourth-order valence-corrected chi connectivity index (χ4v) is 3.49. The Bertz CT molecular complexity index is 590. The Labute approximate surface area is 123 Å². The molecule has 1 atom stereocenters. The quantitative estimate of drug-likeness (QED) is 0.924. The first-order valence-corrected chi connectivity index (χ1v) is 8.04. The fourth-order valence-electron chi connectivity index (χ4n) is 2.67. The van der Waals surface area contributed by atoms with E-state index in [-0.39, 0.29) is 5.92 Å². The van der Waals surface area contributed by atoms with Gasteiger partial charge >= 0.3 is 0 Å². The molecule has 3 rings (SSSR count). The number of hydrogen-bond donors (Lipinski definition) is 1. The summed E-state index contributed by atoms with van der Waals surface area (Å²) in [5.74, 6) is 0.972.